The Morgan fingerprint density at radius 3 is 2.74 bits per heavy atom. The predicted octanol–water partition coefficient (Wildman–Crippen LogP) is 2.39. The van der Waals surface area contributed by atoms with E-state index >= 15 is 0 Å². The van der Waals surface area contributed by atoms with Crippen molar-refractivity contribution in [3.05, 3.63) is 35.6 Å². The van der Waals surface area contributed by atoms with E-state index in [-0.39, 0.29) is 23.8 Å². The maximum absolute atomic E-state index is 12.8. The number of hydrogen-bond acceptors (Lipinski definition) is 2. The maximum Gasteiger partial charge on any atom is 0.237 e. The highest BCUT2D eigenvalue weighted by Crippen LogP contribution is 2.17. The first-order valence-corrected chi connectivity index (χ1v) is 6.85. The van der Waals surface area contributed by atoms with Crippen LogP contribution >= 0.6 is 0 Å². The number of hydrogen-bond donors (Lipinski definition) is 2. The molecule has 0 bridgehead atoms. The molecule has 104 valence electrons. The second-order valence-corrected chi connectivity index (χ2v) is 5.42. The Kier molecular flexibility index (Phi) is 4.53. The van der Waals surface area contributed by atoms with Gasteiger partial charge in [0.25, 0.3) is 0 Å². The first kappa shape index (κ1) is 14.0. The van der Waals surface area contributed by atoms with Gasteiger partial charge in [-0.25, -0.2) is 4.39 Å². The lowest BCUT2D eigenvalue weighted by Crippen LogP contribution is -2.48. The van der Waals surface area contributed by atoms with Crippen molar-refractivity contribution < 1.29 is 9.18 Å². The van der Waals surface area contributed by atoms with Crippen LogP contribution in [0.1, 0.15) is 38.3 Å². The van der Waals surface area contributed by atoms with Crippen molar-refractivity contribution in [2.24, 2.45) is 5.92 Å². The number of benzene rings is 1. The van der Waals surface area contributed by atoms with E-state index in [0.29, 0.717) is 5.92 Å². The lowest BCUT2D eigenvalue weighted by Gasteiger charge is -2.28. The summed E-state index contributed by atoms with van der Waals surface area (Å²) in [6.07, 6.45) is 2.00. The fraction of sp³-hybridized carbons (Fsp3) is 0.533. The molecule has 1 heterocycles. The van der Waals surface area contributed by atoms with Crippen molar-refractivity contribution in [2.45, 2.75) is 38.8 Å². The van der Waals surface area contributed by atoms with Crippen LogP contribution in [0.4, 0.5) is 4.39 Å². The smallest absolute Gasteiger partial charge is 0.237 e. The van der Waals surface area contributed by atoms with E-state index in [4.69, 9.17) is 0 Å². The molecular weight excluding hydrogens is 243 g/mol. The highest BCUT2D eigenvalue weighted by atomic mass is 19.1. The molecule has 1 amide bonds. The fourth-order valence-electron chi connectivity index (χ4n) is 2.46. The van der Waals surface area contributed by atoms with Gasteiger partial charge in [-0.2, -0.15) is 0 Å². The third kappa shape index (κ3) is 3.77. The van der Waals surface area contributed by atoms with E-state index in [2.05, 4.69) is 17.6 Å². The third-order valence-electron chi connectivity index (χ3n) is 3.71. The Hall–Kier alpha value is -1.42. The van der Waals surface area contributed by atoms with Gasteiger partial charge in [0.15, 0.2) is 0 Å². The molecule has 0 aromatic heterocycles. The second-order valence-electron chi connectivity index (χ2n) is 5.42. The van der Waals surface area contributed by atoms with Crippen LogP contribution in [0.3, 0.4) is 0 Å². The predicted molar refractivity (Wildman–Crippen MR) is 73.1 cm³/mol. The van der Waals surface area contributed by atoms with Gasteiger partial charge in [-0.15, -0.1) is 0 Å². The molecule has 3 atom stereocenters. The number of piperidine rings is 1. The Bertz CT molecular complexity index is 432. The second kappa shape index (κ2) is 6.15. The summed E-state index contributed by atoms with van der Waals surface area (Å²) in [5, 5.41) is 6.23. The average molecular weight is 264 g/mol. The Morgan fingerprint density at radius 1 is 1.42 bits per heavy atom. The zero-order valence-electron chi connectivity index (χ0n) is 11.4. The van der Waals surface area contributed by atoms with Crippen molar-refractivity contribution in [2.75, 3.05) is 6.54 Å². The van der Waals surface area contributed by atoms with Crippen molar-refractivity contribution in [1.29, 1.82) is 0 Å². The van der Waals surface area contributed by atoms with Crippen molar-refractivity contribution in [3.8, 4) is 0 Å². The normalized spacial score (nSPS) is 24.8. The van der Waals surface area contributed by atoms with Crippen LogP contribution < -0.4 is 10.6 Å². The molecule has 2 rings (SSSR count). The van der Waals surface area contributed by atoms with Crippen molar-refractivity contribution in [3.63, 3.8) is 0 Å². The van der Waals surface area contributed by atoms with Gasteiger partial charge in [-0.3, -0.25) is 4.79 Å². The van der Waals surface area contributed by atoms with Crippen LogP contribution in [0.5, 0.6) is 0 Å². The van der Waals surface area contributed by atoms with Crippen LogP contribution in [0.25, 0.3) is 0 Å². The van der Waals surface area contributed by atoms with Crippen LogP contribution in [0.2, 0.25) is 0 Å². The number of carbonyl (C=O) groups is 1. The van der Waals surface area contributed by atoms with Crippen molar-refractivity contribution in [1.82, 2.24) is 10.6 Å². The molecule has 0 spiro atoms. The largest absolute Gasteiger partial charge is 0.348 e. The van der Waals surface area contributed by atoms with Gasteiger partial charge < -0.3 is 10.6 Å². The lowest BCUT2D eigenvalue weighted by atomic mass is 9.93. The monoisotopic (exact) mass is 264 g/mol. The molecule has 4 heteroatoms. The Labute approximate surface area is 113 Å². The van der Waals surface area contributed by atoms with Gasteiger partial charge in [0.05, 0.1) is 12.1 Å². The lowest BCUT2D eigenvalue weighted by molar-refractivity contribution is -0.124. The summed E-state index contributed by atoms with van der Waals surface area (Å²) in [6.45, 7) is 4.98. The van der Waals surface area contributed by atoms with E-state index in [1.165, 1.54) is 12.1 Å². The van der Waals surface area contributed by atoms with Gasteiger partial charge in [0.1, 0.15) is 5.82 Å². The van der Waals surface area contributed by atoms with Crippen molar-refractivity contribution >= 4 is 5.91 Å². The Morgan fingerprint density at radius 2 is 2.11 bits per heavy atom. The molecule has 0 radical (unpaired) electrons. The zero-order valence-corrected chi connectivity index (χ0v) is 11.4. The number of halogens is 1. The van der Waals surface area contributed by atoms with E-state index in [1.54, 1.807) is 12.1 Å². The molecule has 1 aromatic rings. The number of carbonyl (C=O) groups excluding carboxylic acids is 1. The van der Waals surface area contributed by atoms with Crippen LogP contribution in [0.15, 0.2) is 24.3 Å². The average Bonchev–Trinajstić information content (AvgIpc) is 2.39. The minimum absolute atomic E-state index is 0.0309. The van der Waals surface area contributed by atoms with Gasteiger partial charge in [-0.1, -0.05) is 19.1 Å². The molecule has 3 nitrogen and oxygen atoms in total. The highest BCUT2D eigenvalue weighted by molar-refractivity contribution is 5.82. The first-order valence-electron chi connectivity index (χ1n) is 6.85. The molecule has 0 aliphatic carbocycles. The molecular formula is C15H21FN2O. The maximum atomic E-state index is 12.8. The summed E-state index contributed by atoms with van der Waals surface area (Å²) in [6, 6.07) is 6.03. The number of amides is 1. The summed E-state index contributed by atoms with van der Waals surface area (Å²) in [5.41, 5.74) is 0.915. The zero-order chi connectivity index (χ0) is 13.8. The molecule has 1 aliphatic rings. The highest BCUT2D eigenvalue weighted by Gasteiger charge is 2.25. The molecule has 0 saturated carbocycles. The molecule has 2 unspecified atom stereocenters. The van der Waals surface area contributed by atoms with E-state index in [0.717, 1.165) is 24.9 Å². The molecule has 1 saturated heterocycles. The number of rotatable bonds is 3. The fourth-order valence-corrected chi connectivity index (χ4v) is 2.46. The minimum atomic E-state index is -0.259. The summed E-state index contributed by atoms with van der Waals surface area (Å²) < 4.78 is 12.8. The summed E-state index contributed by atoms with van der Waals surface area (Å²) in [7, 11) is 0. The standard InChI is InChI=1S/C15H21FN2O/c1-10-7-8-17-14(9-10)15(19)18-11(2)12-3-5-13(16)6-4-12/h3-6,10-11,14,17H,7-9H2,1-2H3,(H,18,19)/t10?,11-,14?/m0/s1. The molecule has 1 aromatic carbocycles. The quantitative estimate of drug-likeness (QED) is 0.880. The summed E-state index contributed by atoms with van der Waals surface area (Å²) in [4.78, 5) is 12.1. The van der Waals surface area contributed by atoms with Gasteiger partial charge in [0.2, 0.25) is 5.91 Å². The molecule has 19 heavy (non-hydrogen) atoms. The molecule has 1 aliphatic heterocycles. The molecule has 2 N–H and O–H groups in total. The van der Waals surface area contributed by atoms with Gasteiger partial charge >= 0.3 is 0 Å². The summed E-state index contributed by atoms with van der Waals surface area (Å²) in [5.74, 6) is 0.353. The number of nitrogens with one attached hydrogen (secondary N) is 2. The minimum Gasteiger partial charge on any atom is -0.348 e. The van der Waals surface area contributed by atoms with Crippen LogP contribution in [-0.4, -0.2) is 18.5 Å². The van der Waals surface area contributed by atoms with E-state index in [9.17, 15) is 9.18 Å². The van der Waals surface area contributed by atoms with Gasteiger partial charge in [-0.05, 0) is 49.9 Å². The van der Waals surface area contributed by atoms with Gasteiger partial charge in [0, 0.05) is 0 Å². The topological polar surface area (TPSA) is 41.1 Å². The van der Waals surface area contributed by atoms with Crippen LogP contribution in [0, 0.1) is 11.7 Å². The first-order chi connectivity index (χ1) is 9.06. The Balaban J connectivity index is 1.92. The van der Waals surface area contributed by atoms with E-state index < -0.39 is 0 Å². The molecule has 1 fully saturated rings. The SMILES string of the molecule is CC1CCNC(C(=O)N[C@@H](C)c2ccc(F)cc2)C1. The van der Waals surface area contributed by atoms with E-state index in [1.807, 2.05) is 6.92 Å². The summed E-state index contributed by atoms with van der Waals surface area (Å²) >= 11 is 0. The third-order valence-corrected chi connectivity index (χ3v) is 3.71. The van der Waals surface area contributed by atoms with Crippen LogP contribution in [-0.2, 0) is 4.79 Å².